The average molecular weight is 342 g/mol. The number of ether oxygens (including phenoxy) is 2. The molecule has 0 bridgehead atoms. The van der Waals surface area contributed by atoms with E-state index < -0.39 is 0 Å². The molecule has 0 unspecified atom stereocenters. The van der Waals surface area contributed by atoms with Gasteiger partial charge in [0.2, 0.25) is 0 Å². The first-order chi connectivity index (χ1) is 12.1. The molecule has 0 spiro atoms. The quantitative estimate of drug-likeness (QED) is 0.916. The van der Waals surface area contributed by atoms with Gasteiger partial charge in [-0.05, 0) is 19.1 Å². The van der Waals surface area contributed by atoms with Gasteiger partial charge < -0.3 is 19.7 Å². The maximum Gasteiger partial charge on any atom is 0.258 e. The van der Waals surface area contributed by atoms with E-state index in [0.717, 1.165) is 11.5 Å². The lowest BCUT2D eigenvalue weighted by molar-refractivity contribution is -0.00537. The second-order valence-electron chi connectivity index (χ2n) is 5.79. The van der Waals surface area contributed by atoms with Crippen molar-refractivity contribution in [2.45, 2.75) is 13.0 Å². The molecular formula is C18H22N4O3. The number of aromatic nitrogens is 2. The number of hydrogen-bond donors (Lipinski definition) is 1. The molecule has 2 heterocycles. The summed E-state index contributed by atoms with van der Waals surface area (Å²) in [5.74, 6) is 1.74. The number of benzene rings is 1. The molecule has 2 aromatic rings. The van der Waals surface area contributed by atoms with E-state index in [2.05, 4.69) is 15.3 Å². The number of nitrogens with one attached hydrogen (secondary N) is 1. The minimum Gasteiger partial charge on any atom is -0.496 e. The minimum atomic E-state index is -0.335. The van der Waals surface area contributed by atoms with Gasteiger partial charge in [-0.3, -0.25) is 4.79 Å². The summed E-state index contributed by atoms with van der Waals surface area (Å²) in [4.78, 5) is 23.9. The molecule has 1 fully saturated rings. The first kappa shape index (κ1) is 17.2. The average Bonchev–Trinajstić information content (AvgIpc) is 2.66. The molecule has 7 heteroatoms. The maximum absolute atomic E-state index is 13.1. The van der Waals surface area contributed by atoms with E-state index in [1.165, 1.54) is 0 Å². The monoisotopic (exact) mass is 342 g/mol. The summed E-state index contributed by atoms with van der Waals surface area (Å²) < 4.78 is 10.9. The number of amides is 1. The molecule has 25 heavy (non-hydrogen) atoms. The predicted octanol–water partition coefficient (Wildman–Crippen LogP) is 2.05. The molecule has 132 valence electrons. The van der Waals surface area contributed by atoms with E-state index in [0.29, 0.717) is 36.9 Å². The van der Waals surface area contributed by atoms with E-state index in [-0.39, 0.29) is 11.9 Å². The molecule has 1 atom stereocenters. The van der Waals surface area contributed by atoms with Crippen molar-refractivity contribution in [2.75, 3.05) is 39.2 Å². The standard InChI is InChI=1S/C18H22N4O3/c1-12-10-16(19-2)21-17(20-12)14-11-25-9-8-22(14)18(23)13-6-4-5-7-15(13)24-3/h4-7,10,14H,8-9,11H2,1-3H3,(H,19,20,21)/t14-/m1/s1. The Morgan fingerprint density at radius 1 is 1.36 bits per heavy atom. The molecule has 1 saturated heterocycles. The van der Waals surface area contributed by atoms with Crippen LogP contribution in [0.5, 0.6) is 5.75 Å². The highest BCUT2D eigenvalue weighted by atomic mass is 16.5. The van der Waals surface area contributed by atoms with E-state index >= 15 is 0 Å². The van der Waals surface area contributed by atoms with E-state index in [4.69, 9.17) is 9.47 Å². The fraction of sp³-hybridized carbons (Fsp3) is 0.389. The fourth-order valence-corrected chi connectivity index (χ4v) is 2.91. The Kier molecular flexibility index (Phi) is 5.14. The van der Waals surface area contributed by atoms with Crippen molar-refractivity contribution in [1.29, 1.82) is 0 Å². The normalized spacial score (nSPS) is 17.2. The van der Waals surface area contributed by atoms with Crippen LogP contribution in [0.3, 0.4) is 0 Å². The second kappa shape index (κ2) is 7.48. The molecule has 0 aliphatic carbocycles. The van der Waals surface area contributed by atoms with Crippen molar-refractivity contribution in [1.82, 2.24) is 14.9 Å². The van der Waals surface area contributed by atoms with Crippen LogP contribution < -0.4 is 10.1 Å². The Labute approximate surface area is 147 Å². The summed E-state index contributed by atoms with van der Waals surface area (Å²) in [6.45, 7) is 3.24. The largest absolute Gasteiger partial charge is 0.496 e. The number of carbonyl (C=O) groups is 1. The van der Waals surface area contributed by atoms with Gasteiger partial charge in [0.05, 0.1) is 25.9 Å². The van der Waals surface area contributed by atoms with Gasteiger partial charge in [0, 0.05) is 25.4 Å². The number of nitrogens with zero attached hydrogens (tertiary/aromatic N) is 3. The summed E-state index contributed by atoms with van der Waals surface area (Å²) in [5, 5.41) is 3.03. The second-order valence-corrected chi connectivity index (χ2v) is 5.79. The SMILES string of the molecule is CNc1cc(C)nc([C@H]2COCCN2C(=O)c2ccccc2OC)n1. The van der Waals surface area contributed by atoms with Gasteiger partial charge >= 0.3 is 0 Å². The number of hydrogen-bond acceptors (Lipinski definition) is 6. The number of rotatable bonds is 4. The maximum atomic E-state index is 13.1. The number of para-hydroxylation sites is 1. The van der Waals surface area contributed by atoms with Crippen molar-refractivity contribution in [3.8, 4) is 5.75 Å². The summed E-state index contributed by atoms with van der Waals surface area (Å²) in [6, 6.07) is 8.75. The van der Waals surface area contributed by atoms with Crippen LogP contribution in [0, 0.1) is 6.92 Å². The minimum absolute atomic E-state index is 0.109. The Morgan fingerprint density at radius 2 is 2.16 bits per heavy atom. The molecular weight excluding hydrogens is 320 g/mol. The van der Waals surface area contributed by atoms with Crippen LogP contribution in [-0.4, -0.2) is 54.7 Å². The zero-order chi connectivity index (χ0) is 17.8. The molecule has 1 amide bonds. The molecule has 7 nitrogen and oxygen atoms in total. The van der Waals surface area contributed by atoms with Crippen molar-refractivity contribution in [3.63, 3.8) is 0 Å². The summed E-state index contributed by atoms with van der Waals surface area (Å²) in [6.07, 6.45) is 0. The topological polar surface area (TPSA) is 76.6 Å². The Balaban J connectivity index is 1.96. The number of methoxy groups -OCH3 is 1. The molecule has 0 radical (unpaired) electrons. The molecule has 1 aliphatic rings. The van der Waals surface area contributed by atoms with Gasteiger partial charge in [-0.15, -0.1) is 0 Å². The van der Waals surface area contributed by atoms with Gasteiger partial charge in [-0.1, -0.05) is 12.1 Å². The third-order valence-electron chi connectivity index (χ3n) is 4.15. The third kappa shape index (κ3) is 3.56. The summed E-state index contributed by atoms with van der Waals surface area (Å²) in [5.41, 5.74) is 1.36. The van der Waals surface area contributed by atoms with Crippen LogP contribution >= 0.6 is 0 Å². The third-order valence-corrected chi connectivity index (χ3v) is 4.15. The Hall–Kier alpha value is -2.67. The van der Waals surface area contributed by atoms with E-state index in [1.807, 2.05) is 25.1 Å². The lowest BCUT2D eigenvalue weighted by Crippen LogP contribution is -2.44. The van der Waals surface area contributed by atoms with E-state index in [9.17, 15) is 4.79 Å². The Morgan fingerprint density at radius 3 is 2.92 bits per heavy atom. The van der Waals surface area contributed by atoms with Gasteiger partial charge in [0.1, 0.15) is 17.6 Å². The highest BCUT2D eigenvalue weighted by Gasteiger charge is 2.32. The number of morpholine rings is 1. The fourth-order valence-electron chi connectivity index (χ4n) is 2.91. The number of anilines is 1. The zero-order valence-corrected chi connectivity index (χ0v) is 14.7. The van der Waals surface area contributed by atoms with Crippen LogP contribution in [0.25, 0.3) is 0 Å². The predicted molar refractivity (Wildman–Crippen MR) is 93.9 cm³/mol. The highest BCUT2D eigenvalue weighted by Crippen LogP contribution is 2.27. The van der Waals surface area contributed by atoms with Gasteiger partial charge in [0.25, 0.3) is 5.91 Å². The van der Waals surface area contributed by atoms with Crippen LogP contribution in [0.15, 0.2) is 30.3 Å². The zero-order valence-electron chi connectivity index (χ0n) is 14.7. The molecule has 3 rings (SSSR count). The first-order valence-electron chi connectivity index (χ1n) is 8.19. The van der Waals surface area contributed by atoms with Crippen molar-refractivity contribution >= 4 is 11.7 Å². The number of carbonyl (C=O) groups excluding carboxylic acids is 1. The van der Waals surface area contributed by atoms with Gasteiger partial charge in [0.15, 0.2) is 5.82 Å². The smallest absolute Gasteiger partial charge is 0.258 e. The molecule has 0 saturated carbocycles. The van der Waals surface area contributed by atoms with Crippen molar-refractivity contribution in [3.05, 3.63) is 47.4 Å². The van der Waals surface area contributed by atoms with Crippen LogP contribution in [0.2, 0.25) is 0 Å². The van der Waals surface area contributed by atoms with Gasteiger partial charge in [-0.2, -0.15) is 0 Å². The summed E-state index contributed by atoms with van der Waals surface area (Å²) in [7, 11) is 3.37. The first-order valence-corrected chi connectivity index (χ1v) is 8.19. The van der Waals surface area contributed by atoms with E-state index in [1.54, 1.807) is 31.2 Å². The van der Waals surface area contributed by atoms with Crippen LogP contribution in [0.4, 0.5) is 5.82 Å². The lowest BCUT2D eigenvalue weighted by Gasteiger charge is -2.35. The summed E-state index contributed by atoms with van der Waals surface area (Å²) >= 11 is 0. The Bertz CT molecular complexity index is 766. The lowest BCUT2D eigenvalue weighted by atomic mass is 10.1. The highest BCUT2D eigenvalue weighted by molar-refractivity contribution is 5.97. The molecule has 1 aliphatic heterocycles. The van der Waals surface area contributed by atoms with Crippen LogP contribution in [-0.2, 0) is 4.74 Å². The van der Waals surface area contributed by atoms with Crippen molar-refractivity contribution < 1.29 is 14.3 Å². The molecule has 1 N–H and O–H groups in total. The molecule has 1 aromatic carbocycles. The van der Waals surface area contributed by atoms with Crippen molar-refractivity contribution in [2.24, 2.45) is 0 Å². The van der Waals surface area contributed by atoms with Crippen LogP contribution in [0.1, 0.15) is 27.9 Å². The number of aryl methyl sites for hydroxylation is 1. The van der Waals surface area contributed by atoms with Gasteiger partial charge in [-0.25, -0.2) is 9.97 Å². The molecule has 1 aromatic heterocycles.